The van der Waals surface area contributed by atoms with E-state index in [1.807, 2.05) is 0 Å². The topological polar surface area (TPSA) is 17.1 Å². The Morgan fingerprint density at radius 3 is 1.50 bits per heavy atom. The van der Waals surface area contributed by atoms with E-state index < -0.39 is 0 Å². The van der Waals surface area contributed by atoms with E-state index >= 15 is 0 Å². The molecule has 24 valence electrons. The summed E-state index contributed by atoms with van der Waals surface area (Å²) in [6, 6.07) is 0. The van der Waals surface area contributed by atoms with Crippen molar-refractivity contribution in [3.63, 3.8) is 0 Å². The zero-order valence-corrected chi connectivity index (χ0v) is 8.18. The SMILES string of the molecule is [CH3][Re].[O]=[GaH]. The fraction of sp³-hybridized carbons (Fsp3) is 1.00. The predicted octanol–water partition coefficient (Wildman–Crippen LogP) is -0.186. The Morgan fingerprint density at radius 2 is 1.50 bits per heavy atom. The third-order valence-electron chi connectivity index (χ3n) is 0. The Kier molecular flexibility index (Phi) is 72.7. The van der Waals surface area contributed by atoms with Gasteiger partial charge in [0.2, 0.25) is 0 Å². The zero-order valence-electron chi connectivity index (χ0n) is 2.49. The molecule has 0 aliphatic rings. The summed E-state index contributed by atoms with van der Waals surface area (Å²) >= 11 is 1.85. The van der Waals surface area contributed by atoms with Crippen molar-refractivity contribution >= 4 is 18.6 Å². The van der Waals surface area contributed by atoms with Crippen LogP contribution in [0.1, 0.15) is 0 Å². The molecule has 0 aliphatic heterocycles. The van der Waals surface area contributed by atoms with Crippen LogP contribution in [0.15, 0.2) is 0 Å². The third kappa shape index (κ3) is 11.3. The van der Waals surface area contributed by atoms with Crippen LogP contribution in [0, 0.1) is 0 Å². The molecular weight excluding hydrogens is 284 g/mol. The van der Waals surface area contributed by atoms with Gasteiger partial charge in [-0.3, -0.25) is 0 Å². The van der Waals surface area contributed by atoms with Crippen molar-refractivity contribution < 1.29 is 22.7 Å². The summed E-state index contributed by atoms with van der Waals surface area (Å²) < 4.78 is 8.38. The second-order valence-corrected chi connectivity index (χ2v) is 0. The maximum absolute atomic E-state index is 8.38. The van der Waals surface area contributed by atoms with Crippen LogP contribution in [-0.4, -0.2) is 18.6 Å². The van der Waals surface area contributed by atoms with Crippen LogP contribution in [0.2, 0.25) is 5.40 Å². The first-order valence-corrected chi connectivity index (χ1v) is 4.59. The molecule has 4 heavy (non-hydrogen) atoms. The first-order chi connectivity index (χ1) is 2.00. The fourth-order valence-corrected chi connectivity index (χ4v) is 0. The minimum absolute atomic E-state index is 0.125. The van der Waals surface area contributed by atoms with Gasteiger partial charge in [-0.25, -0.2) is 0 Å². The predicted molar refractivity (Wildman–Crippen MR) is 13.7 cm³/mol. The van der Waals surface area contributed by atoms with E-state index in [2.05, 4.69) is 5.40 Å². The van der Waals surface area contributed by atoms with E-state index in [0.29, 0.717) is 0 Å². The average Bonchev–Trinajstić information content (AvgIpc) is 1.50. The van der Waals surface area contributed by atoms with Gasteiger partial charge in [0.25, 0.3) is 0 Å². The number of hydrogen-bond donors (Lipinski definition) is 0. The summed E-state index contributed by atoms with van der Waals surface area (Å²) in [6.45, 7) is 0. The van der Waals surface area contributed by atoms with Gasteiger partial charge in [0.05, 0.1) is 0 Å². The van der Waals surface area contributed by atoms with E-state index in [9.17, 15) is 0 Å². The second kappa shape index (κ2) is 32.6. The fourth-order valence-electron chi connectivity index (χ4n) is 0. The monoisotopic (exact) mass is 288 g/mol. The molecule has 0 aromatic rings. The van der Waals surface area contributed by atoms with Crippen molar-refractivity contribution in [3.8, 4) is 0 Å². The molecule has 0 heterocycles. The van der Waals surface area contributed by atoms with Crippen LogP contribution < -0.4 is 0 Å². The van der Waals surface area contributed by atoms with E-state index in [0.717, 1.165) is 0 Å². The van der Waals surface area contributed by atoms with Crippen LogP contribution in [0.5, 0.6) is 0 Å². The molecule has 0 saturated carbocycles. The van der Waals surface area contributed by atoms with E-state index in [4.69, 9.17) is 3.54 Å². The summed E-state index contributed by atoms with van der Waals surface area (Å²) in [4.78, 5) is 0. The molecule has 0 rings (SSSR count). The van der Waals surface area contributed by atoms with Gasteiger partial charge in [-0.1, -0.05) is 0 Å². The Labute approximate surface area is 46.8 Å². The van der Waals surface area contributed by atoms with Crippen molar-refractivity contribution in [1.82, 2.24) is 0 Å². The maximum atomic E-state index is 8.38. The van der Waals surface area contributed by atoms with E-state index in [1.165, 1.54) is 0 Å². The van der Waals surface area contributed by atoms with Crippen LogP contribution in [0.4, 0.5) is 0 Å². The van der Waals surface area contributed by atoms with Gasteiger partial charge in [-0.2, -0.15) is 0 Å². The molecule has 0 aliphatic carbocycles. The van der Waals surface area contributed by atoms with Crippen LogP contribution >= 0.6 is 0 Å². The summed E-state index contributed by atoms with van der Waals surface area (Å²) in [6.07, 6.45) is 0. The Morgan fingerprint density at radius 1 is 1.50 bits per heavy atom. The molecule has 0 bridgehead atoms. The molecule has 0 unspecified atom stereocenters. The molecule has 0 aromatic heterocycles. The summed E-state index contributed by atoms with van der Waals surface area (Å²) in [5.41, 5.74) is 0. The van der Waals surface area contributed by atoms with Crippen LogP contribution in [-0.2, 0) is 22.7 Å². The van der Waals surface area contributed by atoms with Crippen molar-refractivity contribution in [2.24, 2.45) is 0 Å². The van der Waals surface area contributed by atoms with Gasteiger partial charge >= 0.3 is 46.7 Å². The third-order valence-corrected chi connectivity index (χ3v) is 0. The van der Waals surface area contributed by atoms with Gasteiger partial charge < -0.3 is 0 Å². The molecule has 0 aromatic carbocycles. The minimum atomic E-state index is 0.125. The van der Waals surface area contributed by atoms with Crippen molar-refractivity contribution in [1.29, 1.82) is 0 Å². The molecule has 1 nitrogen and oxygen atoms in total. The van der Waals surface area contributed by atoms with Crippen molar-refractivity contribution in [2.75, 3.05) is 0 Å². The second-order valence-electron chi connectivity index (χ2n) is 0. The summed E-state index contributed by atoms with van der Waals surface area (Å²) in [5, 5.41) is 2.06. The molecule has 0 amide bonds. The number of rotatable bonds is 0. The zero-order chi connectivity index (χ0) is 4.00. The Bertz CT molecular complexity index is 8.00. The molecule has 0 saturated heterocycles. The normalized spacial score (nSPS) is 2.25. The van der Waals surface area contributed by atoms with Gasteiger partial charge in [0.1, 0.15) is 0 Å². The first kappa shape index (κ1) is 8.92. The molecule has 3 heteroatoms. The van der Waals surface area contributed by atoms with Gasteiger partial charge in [0.15, 0.2) is 0 Å². The summed E-state index contributed by atoms with van der Waals surface area (Å²) in [7, 11) is 0. The Hall–Kier alpha value is 1.10. The number of hydrogen-bond acceptors (Lipinski definition) is 1. The quantitative estimate of drug-likeness (QED) is 0.565. The molecule has 0 radical (unpaired) electrons. The first-order valence-electron chi connectivity index (χ1n) is 0.667. The van der Waals surface area contributed by atoms with Gasteiger partial charge in [-0.15, -0.1) is 0 Å². The Balaban J connectivity index is 0. The van der Waals surface area contributed by atoms with Crippen molar-refractivity contribution in [3.05, 3.63) is 0 Å². The molecule has 0 fully saturated rings. The van der Waals surface area contributed by atoms with E-state index in [-0.39, 0.29) is 18.6 Å². The van der Waals surface area contributed by atoms with Crippen LogP contribution in [0.3, 0.4) is 0 Å². The molecule has 0 atom stereocenters. The van der Waals surface area contributed by atoms with E-state index in [1.54, 1.807) is 19.2 Å². The average molecular weight is 288 g/mol. The molecular formula is CH4GaORe. The van der Waals surface area contributed by atoms with Crippen LogP contribution in [0.25, 0.3) is 0 Å². The van der Waals surface area contributed by atoms with Gasteiger partial charge in [-0.05, 0) is 0 Å². The molecule has 0 N–H and O–H groups in total. The standard InChI is InChI=1S/CH3.Ga.O.Re.H/h1H3;;;;. The van der Waals surface area contributed by atoms with Gasteiger partial charge in [0, 0.05) is 0 Å². The summed E-state index contributed by atoms with van der Waals surface area (Å²) in [5.74, 6) is 0. The molecule has 0 spiro atoms. The van der Waals surface area contributed by atoms with Crippen molar-refractivity contribution in [2.45, 2.75) is 5.40 Å².